The lowest BCUT2D eigenvalue weighted by Crippen LogP contribution is -2.30. The molecule has 3 N–H and O–H groups in total. The summed E-state index contributed by atoms with van der Waals surface area (Å²) in [4.78, 5) is 0. The number of hydrogen-bond donors (Lipinski definition) is 2. The van der Waals surface area contributed by atoms with Crippen LogP contribution in [0.3, 0.4) is 0 Å². The zero-order valence-electron chi connectivity index (χ0n) is 11.0. The number of nitrogens with two attached hydrogens (primary N) is 1. The van der Waals surface area contributed by atoms with Crippen LogP contribution in [0.4, 0.5) is 4.39 Å². The molecule has 2 aromatic carbocycles. The summed E-state index contributed by atoms with van der Waals surface area (Å²) in [7, 11) is 0. The van der Waals surface area contributed by atoms with Crippen molar-refractivity contribution in [1.29, 1.82) is 0 Å². The van der Waals surface area contributed by atoms with E-state index < -0.39 is 5.82 Å². The van der Waals surface area contributed by atoms with Crippen molar-refractivity contribution < 1.29 is 4.39 Å². The molecular formula is C15H15BrClFN2. The van der Waals surface area contributed by atoms with Crippen LogP contribution in [0.2, 0.25) is 5.02 Å². The van der Waals surface area contributed by atoms with Gasteiger partial charge < -0.3 is 0 Å². The van der Waals surface area contributed by atoms with E-state index in [1.807, 2.05) is 31.2 Å². The van der Waals surface area contributed by atoms with Crippen molar-refractivity contribution in [1.82, 2.24) is 5.43 Å². The summed E-state index contributed by atoms with van der Waals surface area (Å²) in [5, 5.41) is 0.153. The molecule has 2 rings (SSSR count). The molecule has 0 heterocycles. The lowest BCUT2D eigenvalue weighted by atomic mass is 9.96. The molecule has 0 radical (unpaired) electrons. The molecular weight excluding hydrogens is 343 g/mol. The molecule has 0 bridgehead atoms. The Kier molecular flexibility index (Phi) is 5.16. The molecule has 106 valence electrons. The number of rotatable bonds is 4. The number of hydrogen-bond acceptors (Lipinski definition) is 2. The first-order chi connectivity index (χ1) is 9.52. The van der Waals surface area contributed by atoms with Gasteiger partial charge in [0.1, 0.15) is 5.82 Å². The van der Waals surface area contributed by atoms with Crippen LogP contribution in [0.15, 0.2) is 40.9 Å². The van der Waals surface area contributed by atoms with Crippen molar-refractivity contribution in [3.8, 4) is 0 Å². The van der Waals surface area contributed by atoms with E-state index in [1.165, 1.54) is 6.07 Å². The van der Waals surface area contributed by atoms with E-state index in [0.717, 1.165) is 21.2 Å². The standard InChI is InChI=1S/C15H15BrClFN2/c1-9-5-6-11(16)8-12(9)14(20-19)7-10-3-2-4-13(18)15(10)17/h2-6,8,14,20H,7,19H2,1H3. The van der Waals surface area contributed by atoms with Crippen molar-refractivity contribution >= 4 is 27.5 Å². The van der Waals surface area contributed by atoms with E-state index in [2.05, 4.69) is 21.4 Å². The number of halogens is 3. The van der Waals surface area contributed by atoms with Gasteiger partial charge in [0.05, 0.1) is 11.1 Å². The van der Waals surface area contributed by atoms with E-state index in [4.69, 9.17) is 17.4 Å². The van der Waals surface area contributed by atoms with Crippen molar-refractivity contribution in [2.24, 2.45) is 5.84 Å². The predicted octanol–water partition coefficient (Wildman–Crippen LogP) is 4.30. The molecule has 0 fully saturated rings. The Morgan fingerprint density at radius 3 is 2.80 bits per heavy atom. The fraction of sp³-hybridized carbons (Fsp3) is 0.200. The van der Waals surface area contributed by atoms with Crippen molar-refractivity contribution in [2.75, 3.05) is 0 Å². The van der Waals surface area contributed by atoms with E-state index in [0.29, 0.717) is 6.42 Å². The molecule has 0 saturated heterocycles. The fourth-order valence-electron chi connectivity index (χ4n) is 2.17. The van der Waals surface area contributed by atoms with Gasteiger partial charge in [0.15, 0.2) is 0 Å². The highest BCUT2D eigenvalue weighted by Gasteiger charge is 2.16. The topological polar surface area (TPSA) is 38.0 Å². The minimum atomic E-state index is -0.411. The summed E-state index contributed by atoms with van der Waals surface area (Å²) in [5.41, 5.74) is 5.68. The molecule has 1 unspecified atom stereocenters. The molecule has 2 aromatic rings. The van der Waals surface area contributed by atoms with Gasteiger partial charge in [-0.15, -0.1) is 0 Å². The quantitative estimate of drug-likeness (QED) is 0.632. The van der Waals surface area contributed by atoms with Crippen molar-refractivity contribution in [3.05, 3.63) is 68.4 Å². The van der Waals surface area contributed by atoms with Gasteiger partial charge in [-0.3, -0.25) is 11.3 Å². The van der Waals surface area contributed by atoms with E-state index >= 15 is 0 Å². The number of benzene rings is 2. The highest BCUT2D eigenvalue weighted by atomic mass is 79.9. The largest absolute Gasteiger partial charge is 0.271 e. The number of hydrazine groups is 1. The molecule has 0 spiro atoms. The highest BCUT2D eigenvalue weighted by Crippen LogP contribution is 2.28. The molecule has 0 aliphatic rings. The molecule has 0 aromatic heterocycles. The van der Waals surface area contributed by atoms with Gasteiger partial charge in [-0.1, -0.05) is 45.7 Å². The third-order valence-corrected chi connectivity index (χ3v) is 4.19. The maximum atomic E-state index is 13.5. The van der Waals surface area contributed by atoms with Gasteiger partial charge in [-0.25, -0.2) is 4.39 Å². The first-order valence-electron chi connectivity index (χ1n) is 6.18. The van der Waals surface area contributed by atoms with E-state index in [-0.39, 0.29) is 11.1 Å². The van der Waals surface area contributed by atoms with Gasteiger partial charge in [0, 0.05) is 4.47 Å². The van der Waals surface area contributed by atoms with Crippen LogP contribution in [0.25, 0.3) is 0 Å². The van der Waals surface area contributed by atoms with Gasteiger partial charge in [-0.2, -0.15) is 0 Å². The van der Waals surface area contributed by atoms with Crippen LogP contribution in [0.5, 0.6) is 0 Å². The van der Waals surface area contributed by atoms with Gasteiger partial charge in [0.25, 0.3) is 0 Å². The predicted molar refractivity (Wildman–Crippen MR) is 84.1 cm³/mol. The lowest BCUT2D eigenvalue weighted by molar-refractivity contribution is 0.546. The fourth-order valence-corrected chi connectivity index (χ4v) is 2.75. The van der Waals surface area contributed by atoms with Crippen LogP contribution in [0.1, 0.15) is 22.7 Å². The number of nitrogens with one attached hydrogen (secondary N) is 1. The second-order valence-corrected chi connectivity index (χ2v) is 5.93. The Labute approximate surface area is 131 Å². The molecule has 0 aliphatic heterocycles. The first-order valence-corrected chi connectivity index (χ1v) is 7.35. The minimum absolute atomic E-state index is 0.133. The van der Waals surface area contributed by atoms with Crippen LogP contribution in [-0.4, -0.2) is 0 Å². The van der Waals surface area contributed by atoms with Gasteiger partial charge in [0.2, 0.25) is 0 Å². The van der Waals surface area contributed by atoms with Crippen LogP contribution >= 0.6 is 27.5 Å². The molecule has 0 aliphatic carbocycles. The van der Waals surface area contributed by atoms with Gasteiger partial charge >= 0.3 is 0 Å². The van der Waals surface area contributed by atoms with Crippen LogP contribution in [0, 0.1) is 12.7 Å². The SMILES string of the molecule is Cc1ccc(Br)cc1C(Cc1cccc(F)c1Cl)NN. The Morgan fingerprint density at radius 1 is 1.35 bits per heavy atom. The highest BCUT2D eigenvalue weighted by molar-refractivity contribution is 9.10. The average molecular weight is 358 g/mol. The summed E-state index contributed by atoms with van der Waals surface area (Å²) in [5.74, 6) is 5.25. The monoisotopic (exact) mass is 356 g/mol. The summed E-state index contributed by atoms with van der Waals surface area (Å²) in [6.45, 7) is 2.01. The second-order valence-electron chi connectivity index (χ2n) is 4.64. The Balaban J connectivity index is 2.34. The smallest absolute Gasteiger partial charge is 0.142 e. The summed E-state index contributed by atoms with van der Waals surface area (Å²) in [6, 6.07) is 10.7. The van der Waals surface area contributed by atoms with E-state index in [1.54, 1.807) is 6.07 Å². The third-order valence-electron chi connectivity index (χ3n) is 3.27. The van der Waals surface area contributed by atoms with Crippen molar-refractivity contribution in [3.63, 3.8) is 0 Å². The van der Waals surface area contributed by atoms with Crippen LogP contribution < -0.4 is 11.3 Å². The summed E-state index contributed by atoms with van der Waals surface area (Å²) < 4.78 is 14.5. The van der Waals surface area contributed by atoms with Gasteiger partial charge in [-0.05, 0) is 48.2 Å². The maximum Gasteiger partial charge on any atom is 0.142 e. The molecule has 1 atom stereocenters. The molecule has 2 nitrogen and oxygen atoms in total. The van der Waals surface area contributed by atoms with Crippen molar-refractivity contribution in [2.45, 2.75) is 19.4 Å². The first kappa shape index (κ1) is 15.4. The third kappa shape index (κ3) is 3.38. The Morgan fingerprint density at radius 2 is 2.10 bits per heavy atom. The lowest BCUT2D eigenvalue weighted by Gasteiger charge is -2.19. The molecule has 0 amide bonds. The Bertz CT molecular complexity index is 619. The zero-order valence-corrected chi connectivity index (χ0v) is 13.3. The van der Waals surface area contributed by atoms with E-state index in [9.17, 15) is 4.39 Å². The molecule has 20 heavy (non-hydrogen) atoms. The minimum Gasteiger partial charge on any atom is -0.271 e. The maximum absolute atomic E-state index is 13.5. The Hall–Kier alpha value is -0.940. The molecule has 0 saturated carbocycles. The second kappa shape index (κ2) is 6.68. The zero-order chi connectivity index (χ0) is 14.7. The molecule has 5 heteroatoms. The average Bonchev–Trinajstić information content (AvgIpc) is 2.43. The number of aryl methyl sites for hydroxylation is 1. The normalized spacial score (nSPS) is 12.4. The van der Waals surface area contributed by atoms with Crippen LogP contribution in [-0.2, 0) is 6.42 Å². The summed E-state index contributed by atoms with van der Waals surface area (Å²) >= 11 is 9.45. The summed E-state index contributed by atoms with van der Waals surface area (Å²) in [6.07, 6.45) is 0.518.